The zero-order valence-corrected chi connectivity index (χ0v) is 13.1. The summed E-state index contributed by atoms with van der Waals surface area (Å²) in [4.78, 5) is 1.58. The summed E-state index contributed by atoms with van der Waals surface area (Å²) in [5, 5.41) is 3.86. The minimum absolute atomic E-state index is 0.472. The summed E-state index contributed by atoms with van der Waals surface area (Å²) in [6.07, 6.45) is 7.97. The van der Waals surface area contributed by atoms with Crippen LogP contribution in [-0.2, 0) is 11.2 Å². The van der Waals surface area contributed by atoms with Crippen molar-refractivity contribution in [2.75, 3.05) is 7.11 Å². The van der Waals surface area contributed by atoms with E-state index in [-0.39, 0.29) is 0 Å². The quantitative estimate of drug-likeness (QED) is 0.903. The molecule has 3 atom stereocenters. The maximum absolute atomic E-state index is 5.46. The van der Waals surface area contributed by atoms with Crippen molar-refractivity contribution in [3.05, 3.63) is 20.3 Å². The highest BCUT2D eigenvalue weighted by molar-refractivity contribution is 9.11. The summed E-state index contributed by atoms with van der Waals surface area (Å²) >= 11 is 5.53. The number of methoxy groups -OCH3 is 1. The second-order valence-electron chi connectivity index (χ2n) is 5.41. The van der Waals surface area contributed by atoms with Gasteiger partial charge in [-0.05, 0) is 66.1 Å². The highest BCUT2D eigenvalue weighted by Gasteiger charge is 2.29. The van der Waals surface area contributed by atoms with E-state index in [0.29, 0.717) is 18.2 Å². The van der Waals surface area contributed by atoms with E-state index in [1.54, 1.807) is 10.4 Å². The zero-order chi connectivity index (χ0) is 12.5. The molecule has 100 valence electrons. The van der Waals surface area contributed by atoms with Crippen LogP contribution in [-0.4, -0.2) is 19.3 Å². The number of nitrogens with one attached hydrogen (secondary N) is 1. The van der Waals surface area contributed by atoms with Crippen molar-refractivity contribution in [2.24, 2.45) is 0 Å². The minimum atomic E-state index is 0.472. The third-order valence-corrected chi connectivity index (χ3v) is 5.95. The lowest BCUT2D eigenvalue weighted by Crippen LogP contribution is -2.33. The lowest BCUT2D eigenvalue weighted by atomic mass is 9.93. The summed E-state index contributed by atoms with van der Waals surface area (Å²) in [5.41, 5.74) is 1.54. The molecule has 3 rings (SSSR count). The molecule has 0 amide bonds. The molecule has 0 aromatic carbocycles. The predicted octanol–water partition coefficient (Wildman–Crippen LogP) is 4.05. The number of ether oxygens (including phenoxy) is 1. The molecule has 1 aromatic heterocycles. The Bertz CT molecular complexity index is 420. The Morgan fingerprint density at radius 3 is 3.06 bits per heavy atom. The van der Waals surface area contributed by atoms with E-state index in [0.717, 1.165) is 0 Å². The van der Waals surface area contributed by atoms with E-state index in [9.17, 15) is 0 Å². The van der Waals surface area contributed by atoms with Crippen LogP contribution >= 0.6 is 27.3 Å². The fourth-order valence-corrected chi connectivity index (χ4v) is 5.10. The van der Waals surface area contributed by atoms with Gasteiger partial charge in [-0.15, -0.1) is 11.3 Å². The van der Waals surface area contributed by atoms with Crippen molar-refractivity contribution < 1.29 is 4.74 Å². The highest BCUT2D eigenvalue weighted by Crippen LogP contribution is 2.39. The molecule has 1 saturated carbocycles. The van der Waals surface area contributed by atoms with Crippen LogP contribution in [0, 0.1) is 0 Å². The lowest BCUT2D eigenvalue weighted by Gasteiger charge is -2.27. The lowest BCUT2D eigenvalue weighted by molar-refractivity contribution is 0.106. The van der Waals surface area contributed by atoms with Crippen LogP contribution in [0.4, 0.5) is 0 Å². The number of thiophene rings is 1. The van der Waals surface area contributed by atoms with E-state index in [1.807, 2.05) is 18.4 Å². The molecular formula is C14H20BrNOS. The van der Waals surface area contributed by atoms with E-state index in [4.69, 9.17) is 4.74 Å². The van der Waals surface area contributed by atoms with Crippen LogP contribution in [0.3, 0.4) is 0 Å². The van der Waals surface area contributed by atoms with Crippen LogP contribution in [0.25, 0.3) is 0 Å². The summed E-state index contributed by atoms with van der Waals surface area (Å²) in [7, 11) is 1.84. The summed E-state index contributed by atoms with van der Waals surface area (Å²) in [6.45, 7) is 0. The number of hydrogen-bond acceptors (Lipinski definition) is 3. The van der Waals surface area contributed by atoms with Gasteiger partial charge >= 0.3 is 0 Å². The molecule has 3 unspecified atom stereocenters. The van der Waals surface area contributed by atoms with Gasteiger partial charge in [-0.3, -0.25) is 0 Å². The normalized spacial score (nSPS) is 31.6. The molecule has 4 heteroatoms. The molecule has 0 bridgehead atoms. The van der Waals surface area contributed by atoms with Crippen LogP contribution in [0.2, 0.25) is 0 Å². The van der Waals surface area contributed by atoms with Crippen molar-refractivity contribution in [3.8, 4) is 0 Å². The van der Waals surface area contributed by atoms with Crippen LogP contribution < -0.4 is 5.32 Å². The van der Waals surface area contributed by atoms with Crippen LogP contribution in [0.15, 0.2) is 9.85 Å². The van der Waals surface area contributed by atoms with Gasteiger partial charge in [0.25, 0.3) is 0 Å². The van der Waals surface area contributed by atoms with Crippen molar-refractivity contribution in [2.45, 2.75) is 56.7 Å². The second kappa shape index (κ2) is 5.61. The molecule has 2 aliphatic carbocycles. The summed E-state index contributed by atoms with van der Waals surface area (Å²) < 4.78 is 6.74. The monoisotopic (exact) mass is 329 g/mol. The number of rotatable bonds is 3. The number of hydrogen-bond donors (Lipinski definition) is 1. The third-order valence-electron chi connectivity index (χ3n) is 4.24. The highest BCUT2D eigenvalue weighted by atomic mass is 79.9. The van der Waals surface area contributed by atoms with Gasteiger partial charge in [0.15, 0.2) is 0 Å². The van der Waals surface area contributed by atoms with Crippen molar-refractivity contribution in [1.82, 2.24) is 5.32 Å². The van der Waals surface area contributed by atoms with Gasteiger partial charge < -0.3 is 10.1 Å². The molecule has 1 fully saturated rings. The Balaban J connectivity index is 1.67. The number of aryl methyl sites for hydroxylation is 1. The zero-order valence-electron chi connectivity index (χ0n) is 10.7. The van der Waals surface area contributed by atoms with E-state index >= 15 is 0 Å². The molecular weight excluding hydrogens is 310 g/mol. The maximum atomic E-state index is 5.46. The van der Waals surface area contributed by atoms with Gasteiger partial charge in [0, 0.05) is 24.1 Å². The molecule has 1 aromatic rings. The molecule has 1 N–H and O–H groups in total. The number of halogens is 1. The molecule has 1 heterocycles. The van der Waals surface area contributed by atoms with Gasteiger partial charge in [-0.2, -0.15) is 0 Å². The van der Waals surface area contributed by atoms with Crippen LogP contribution in [0.1, 0.15) is 48.6 Å². The van der Waals surface area contributed by atoms with Crippen LogP contribution in [0.5, 0.6) is 0 Å². The molecule has 0 aliphatic heterocycles. The molecule has 18 heavy (non-hydrogen) atoms. The van der Waals surface area contributed by atoms with Gasteiger partial charge in [-0.1, -0.05) is 0 Å². The van der Waals surface area contributed by atoms with Crippen molar-refractivity contribution >= 4 is 27.3 Å². The standard InChI is InChI=1S/C14H20BrNOS/c1-17-10-6-5-9(7-10)16-12-3-2-4-13-11(12)8-14(15)18-13/h8-10,12,16H,2-7H2,1H3. The van der Waals surface area contributed by atoms with Crippen molar-refractivity contribution in [3.63, 3.8) is 0 Å². The fourth-order valence-electron chi connectivity index (χ4n) is 3.28. The Morgan fingerprint density at radius 1 is 1.39 bits per heavy atom. The van der Waals surface area contributed by atoms with Gasteiger partial charge in [0.05, 0.1) is 9.89 Å². The first kappa shape index (κ1) is 13.1. The SMILES string of the molecule is COC1CCC(NC2CCCc3sc(Br)cc32)C1. The van der Waals surface area contributed by atoms with Gasteiger partial charge in [0.2, 0.25) is 0 Å². The predicted molar refractivity (Wildman–Crippen MR) is 79.3 cm³/mol. The average molecular weight is 330 g/mol. The van der Waals surface area contributed by atoms with E-state index in [1.165, 1.54) is 42.3 Å². The summed E-state index contributed by atoms with van der Waals surface area (Å²) in [6, 6.07) is 3.53. The second-order valence-corrected chi connectivity index (χ2v) is 7.92. The number of fused-ring (bicyclic) bond motifs is 1. The minimum Gasteiger partial charge on any atom is -0.381 e. The topological polar surface area (TPSA) is 21.3 Å². The Kier molecular flexibility index (Phi) is 4.09. The van der Waals surface area contributed by atoms with Crippen molar-refractivity contribution in [1.29, 1.82) is 0 Å². The first-order chi connectivity index (χ1) is 8.76. The summed E-state index contributed by atoms with van der Waals surface area (Å²) in [5.74, 6) is 0. The van der Waals surface area contributed by atoms with Gasteiger partial charge in [0.1, 0.15) is 0 Å². The smallest absolute Gasteiger partial charge is 0.0704 e. The Morgan fingerprint density at radius 2 is 2.28 bits per heavy atom. The fraction of sp³-hybridized carbons (Fsp3) is 0.714. The molecule has 0 radical (unpaired) electrons. The Hall–Kier alpha value is 0.100. The molecule has 0 spiro atoms. The molecule has 0 saturated heterocycles. The maximum Gasteiger partial charge on any atom is 0.0704 e. The first-order valence-electron chi connectivity index (χ1n) is 6.83. The Labute approximate surface area is 121 Å². The van der Waals surface area contributed by atoms with Gasteiger partial charge in [-0.25, -0.2) is 0 Å². The first-order valence-corrected chi connectivity index (χ1v) is 8.44. The third kappa shape index (κ3) is 2.67. The average Bonchev–Trinajstić information content (AvgIpc) is 2.95. The van der Waals surface area contributed by atoms with E-state index in [2.05, 4.69) is 27.3 Å². The molecule has 2 nitrogen and oxygen atoms in total. The molecule has 2 aliphatic rings. The van der Waals surface area contributed by atoms with E-state index < -0.39 is 0 Å². The largest absolute Gasteiger partial charge is 0.381 e.